The molecule has 0 radical (unpaired) electrons. The third-order valence-corrected chi connectivity index (χ3v) is 4.39. The largest absolute Gasteiger partial charge is 0.394 e. The summed E-state index contributed by atoms with van der Waals surface area (Å²) in [5.41, 5.74) is 5.72. The van der Waals surface area contributed by atoms with E-state index in [0.717, 1.165) is 25.9 Å². The van der Waals surface area contributed by atoms with Crippen LogP contribution in [0.3, 0.4) is 0 Å². The number of aliphatic hydroxyl groups excluding tert-OH is 1. The van der Waals surface area contributed by atoms with Crippen LogP contribution < -0.4 is 5.73 Å². The summed E-state index contributed by atoms with van der Waals surface area (Å²) in [5, 5.41) is 9.12. The molecule has 4 heteroatoms. The van der Waals surface area contributed by atoms with E-state index in [9.17, 15) is 4.79 Å². The quantitative estimate of drug-likeness (QED) is 0.423. The van der Waals surface area contributed by atoms with E-state index in [0.29, 0.717) is 0 Å². The maximum Gasteiger partial charge on any atom is 0.241 e. The molecule has 23 heavy (non-hydrogen) atoms. The summed E-state index contributed by atoms with van der Waals surface area (Å²) in [6, 6.07) is -0.754. The van der Waals surface area contributed by atoms with Gasteiger partial charge in [-0.25, -0.2) is 0 Å². The van der Waals surface area contributed by atoms with Crippen LogP contribution >= 0.6 is 0 Å². The second-order valence-corrected chi connectivity index (χ2v) is 6.65. The van der Waals surface area contributed by atoms with E-state index < -0.39 is 6.04 Å². The maximum atomic E-state index is 12.2. The molecular formula is C19H40N2O2. The number of aliphatic hydroxyl groups is 1. The molecule has 0 aromatic rings. The van der Waals surface area contributed by atoms with E-state index in [1.54, 1.807) is 0 Å². The van der Waals surface area contributed by atoms with Gasteiger partial charge in [0.1, 0.15) is 6.04 Å². The Kier molecular flexibility index (Phi) is 15.8. The summed E-state index contributed by atoms with van der Waals surface area (Å²) >= 11 is 0. The van der Waals surface area contributed by atoms with Crippen molar-refractivity contribution in [3.63, 3.8) is 0 Å². The van der Waals surface area contributed by atoms with Crippen LogP contribution in [0.4, 0.5) is 0 Å². The van der Waals surface area contributed by atoms with Gasteiger partial charge in [-0.2, -0.15) is 0 Å². The maximum absolute atomic E-state index is 12.2. The molecule has 0 unspecified atom stereocenters. The van der Waals surface area contributed by atoms with E-state index in [4.69, 9.17) is 10.8 Å². The van der Waals surface area contributed by atoms with Crippen LogP contribution in [0, 0.1) is 0 Å². The number of hydrogen-bond donors (Lipinski definition) is 2. The van der Waals surface area contributed by atoms with Gasteiger partial charge in [-0.3, -0.25) is 4.79 Å². The lowest BCUT2D eigenvalue weighted by Crippen LogP contribution is -2.46. The first-order chi connectivity index (χ1) is 11.2. The Labute approximate surface area is 143 Å². The van der Waals surface area contributed by atoms with Crippen molar-refractivity contribution in [3.05, 3.63) is 0 Å². The zero-order chi connectivity index (χ0) is 17.3. The van der Waals surface area contributed by atoms with Gasteiger partial charge in [0.05, 0.1) is 6.61 Å². The lowest BCUT2D eigenvalue weighted by Gasteiger charge is -2.25. The number of carbonyl (C=O) groups excluding carboxylic acids is 1. The van der Waals surface area contributed by atoms with Crippen molar-refractivity contribution in [2.45, 2.75) is 96.9 Å². The van der Waals surface area contributed by atoms with Crippen molar-refractivity contribution in [2.24, 2.45) is 5.73 Å². The minimum atomic E-state index is -0.754. The minimum absolute atomic E-state index is 0.0883. The van der Waals surface area contributed by atoms with Gasteiger partial charge in [0, 0.05) is 13.1 Å². The third-order valence-electron chi connectivity index (χ3n) is 4.39. The number of nitrogens with two attached hydrogens (primary N) is 1. The normalized spacial score (nSPS) is 12.3. The zero-order valence-electron chi connectivity index (χ0n) is 15.6. The molecule has 0 saturated carbocycles. The van der Waals surface area contributed by atoms with Crippen molar-refractivity contribution in [1.29, 1.82) is 0 Å². The van der Waals surface area contributed by atoms with E-state index >= 15 is 0 Å². The first kappa shape index (κ1) is 22.4. The summed E-state index contributed by atoms with van der Waals surface area (Å²) in [4.78, 5) is 14.1. The molecule has 1 amide bonds. The second kappa shape index (κ2) is 16.3. The average Bonchev–Trinajstić information content (AvgIpc) is 2.57. The van der Waals surface area contributed by atoms with Gasteiger partial charge in [-0.1, -0.05) is 78.1 Å². The van der Waals surface area contributed by atoms with E-state index in [1.165, 1.54) is 64.2 Å². The SMILES string of the molecule is CCCCCCCCN(CCCCCCCC)C(=O)[C@@H](N)CO. The fourth-order valence-electron chi connectivity index (χ4n) is 2.81. The van der Waals surface area contributed by atoms with E-state index in [2.05, 4.69) is 13.8 Å². The van der Waals surface area contributed by atoms with E-state index in [1.807, 2.05) is 4.90 Å². The Balaban J connectivity index is 4.01. The molecule has 138 valence electrons. The number of unbranched alkanes of at least 4 members (excludes halogenated alkanes) is 10. The third kappa shape index (κ3) is 12.5. The Morgan fingerprint density at radius 3 is 1.61 bits per heavy atom. The van der Waals surface area contributed by atoms with Crippen molar-refractivity contribution < 1.29 is 9.90 Å². The molecule has 0 spiro atoms. The second-order valence-electron chi connectivity index (χ2n) is 6.65. The molecule has 0 aromatic carbocycles. The van der Waals surface area contributed by atoms with Gasteiger partial charge in [-0.15, -0.1) is 0 Å². The van der Waals surface area contributed by atoms with Gasteiger partial charge >= 0.3 is 0 Å². The van der Waals surface area contributed by atoms with Crippen molar-refractivity contribution in [1.82, 2.24) is 4.90 Å². The Morgan fingerprint density at radius 1 is 0.826 bits per heavy atom. The summed E-state index contributed by atoms with van der Waals surface area (Å²) < 4.78 is 0. The first-order valence-corrected chi connectivity index (χ1v) is 9.82. The molecule has 0 aliphatic carbocycles. The summed E-state index contributed by atoms with van der Waals surface area (Å²) in [6.07, 6.45) is 14.6. The summed E-state index contributed by atoms with van der Waals surface area (Å²) in [7, 11) is 0. The number of carbonyl (C=O) groups is 1. The molecule has 3 N–H and O–H groups in total. The van der Waals surface area contributed by atoms with Gasteiger partial charge in [0.15, 0.2) is 0 Å². The average molecular weight is 329 g/mol. The number of hydrogen-bond acceptors (Lipinski definition) is 3. The number of nitrogens with zero attached hydrogens (tertiary/aromatic N) is 1. The molecule has 0 aliphatic rings. The Morgan fingerprint density at radius 2 is 1.22 bits per heavy atom. The number of rotatable bonds is 16. The van der Waals surface area contributed by atoms with Crippen LogP contribution in [0.25, 0.3) is 0 Å². The Bertz CT molecular complexity index is 256. The van der Waals surface area contributed by atoms with Gasteiger partial charge in [-0.05, 0) is 12.8 Å². The molecule has 0 fully saturated rings. The fourth-order valence-corrected chi connectivity index (χ4v) is 2.81. The van der Waals surface area contributed by atoms with Crippen molar-refractivity contribution >= 4 is 5.91 Å². The van der Waals surface area contributed by atoms with Crippen molar-refractivity contribution in [3.8, 4) is 0 Å². The van der Waals surface area contributed by atoms with E-state index in [-0.39, 0.29) is 12.5 Å². The molecule has 1 atom stereocenters. The van der Waals surface area contributed by atoms with Gasteiger partial charge < -0.3 is 15.7 Å². The van der Waals surface area contributed by atoms with Crippen LogP contribution in [-0.4, -0.2) is 41.7 Å². The molecule has 0 saturated heterocycles. The highest BCUT2D eigenvalue weighted by molar-refractivity contribution is 5.81. The zero-order valence-corrected chi connectivity index (χ0v) is 15.6. The van der Waals surface area contributed by atoms with Gasteiger partial charge in [0.2, 0.25) is 5.91 Å². The van der Waals surface area contributed by atoms with Crippen molar-refractivity contribution in [2.75, 3.05) is 19.7 Å². The monoisotopic (exact) mass is 328 g/mol. The predicted molar refractivity (Wildman–Crippen MR) is 98.4 cm³/mol. The first-order valence-electron chi connectivity index (χ1n) is 9.82. The molecule has 0 rings (SSSR count). The van der Waals surface area contributed by atoms with Crippen LogP contribution in [0.5, 0.6) is 0 Å². The van der Waals surface area contributed by atoms with Gasteiger partial charge in [0.25, 0.3) is 0 Å². The molecule has 0 heterocycles. The molecule has 0 aromatic heterocycles. The highest BCUT2D eigenvalue weighted by atomic mass is 16.3. The smallest absolute Gasteiger partial charge is 0.241 e. The Hall–Kier alpha value is -0.610. The lowest BCUT2D eigenvalue weighted by molar-refractivity contribution is -0.133. The summed E-state index contributed by atoms with van der Waals surface area (Å²) in [6.45, 7) is 5.75. The van der Waals surface area contributed by atoms with Crippen LogP contribution in [0.15, 0.2) is 0 Å². The molecular weight excluding hydrogens is 288 g/mol. The van der Waals surface area contributed by atoms with Crippen LogP contribution in [0.1, 0.15) is 90.9 Å². The standard InChI is InChI=1S/C19H40N2O2/c1-3-5-7-9-11-13-15-21(19(23)18(20)17-22)16-14-12-10-8-6-4-2/h18,22H,3-17,20H2,1-2H3/t18-/m0/s1. The summed E-state index contributed by atoms with van der Waals surface area (Å²) in [5.74, 6) is -0.0883. The highest BCUT2D eigenvalue weighted by Gasteiger charge is 2.19. The van der Waals surface area contributed by atoms with Crippen LogP contribution in [0.2, 0.25) is 0 Å². The highest BCUT2D eigenvalue weighted by Crippen LogP contribution is 2.09. The molecule has 0 aliphatic heterocycles. The topological polar surface area (TPSA) is 66.6 Å². The fraction of sp³-hybridized carbons (Fsp3) is 0.947. The number of amides is 1. The molecule has 4 nitrogen and oxygen atoms in total. The lowest BCUT2D eigenvalue weighted by atomic mass is 10.1. The van der Waals surface area contributed by atoms with Crippen LogP contribution in [-0.2, 0) is 4.79 Å². The molecule has 0 bridgehead atoms. The minimum Gasteiger partial charge on any atom is -0.394 e. The predicted octanol–water partition coefficient (Wildman–Crippen LogP) is 3.86.